The summed E-state index contributed by atoms with van der Waals surface area (Å²) in [5, 5.41) is 18.8. The summed E-state index contributed by atoms with van der Waals surface area (Å²) in [6.07, 6.45) is 0. The first-order valence-electron chi connectivity index (χ1n) is 7.92. The van der Waals surface area contributed by atoms with E-state index >= 15 is 0 Å². The molecule has 1 aliphatic heterocycles. The molecule has 0 aliphatic carbocycles. The van der Waals surface area contributed by atoms with Crippen molar-refractivity contribution in [2.75, 3.05) is 11.1 Å². The molecule has 0 bridgehead atoms. The van der Waals surface area contributed by atoms with Crippen LogP contribution in [-0.4, -0.2) is 32.9 Å². The van der Waals surface area contributed by atoms with Crippen molar-refractivity contribution < 1.29 is 19.1 Å². The maximum Gasteiger partial charge on any atom is 0.335 e. The molecule has 1 atom stereocenters. The number of carbonyl (C=O) groups is 2. The Labute approximate surface area is 152 Å². The summed E-state index contributed by atoms with van der Waals surface area (Å²) in [7, 11) is 0. The Morgan fingerprint density at radius 1 is 1.35 bits per heavy atom. The zero-order chi connectivity index (χ0) is 18.3. The molecule has 3 N–H and O–H groups in total. The molecule has 0 saturated carbocycles. The first kappa shape index (κ1) is 16.5. The number of hydrogen-bond acceptors (Lipinski definition) is 5. The maximum absolute atomic E-state index is 11.9. The number of aromatic carboxylic acids is 1. The van der Waals surface area contributed by atoms with E-state index in [1.54, 1.807) is 18.2 Å². The molecular formula is C18H15N3O4S. The lowest BCUT2D eigenvalue weighted by atomic mass is 10.1. The lowest BCUT2D eigenvalue weighted by Crippen LogP contribution is -2.12. The standard InChI is InChI=1S/C18H15N3O4S/c1-9-15-16(26-8-14(22)19-17(15)21-20-9)13-6-5-12(25-13)10-3-2-4-11(7-10)18(23)24/h2-7,16H,8H2,1H3,(H,23,24)(H2,19,20,21,22). The van der Waals surface area contributed by atoms with Crippen molar-refractivity contribution in [3.8, 4) is 11.3 Å². The highest BCUT2D eigenvalue weighted by Crippen LogP contribution is 2.43. The molecule has 0 saturated heterocycles. The molecule has 1 unspecified atom stereocenters. The van der Waals surface area contributed by atoms with Crippen LogP contribution in [0, 0.1) is 6.92 Å². The molecular weight excluding hydrogens is 354 g/mol. The number of benzene rings is 1. The molecule has 3 aromatic rings. The molecule has 132 valence electrons. The number of anilines is 1. The van der Waals surface area contributed by atoms with Crippen molar-refractivity contribution in [3.05, 3.63) is 59.0 Å². The molecule has 1 aliphatic rings. The molecule has 1 amide bonds. The average Bonchev–Trinajstić information content (AvgIpc) is 3.20. The number of furan rings is 1. The van der Waals surface area contributed by atoms with Crippen LogP contribution in [0.15, 0.2) is 40.8 Å². The van der Waals surface area contributed by atoms with Crippen LogP contribution in [0.25, 0.3) is 11.3 Å². The van der Waals surface area contributed by atoms with Crippen LogP contribution < -0.4 is 5.32 Å². The fraction of sp³-hybridized carbons (Fsp3) is 0.167. The number of hydrogen-bond donors (Lipinski definition) is 3. The third kappa shape index (κ3) is 2.88. The smallest absolute Gasteiger partial charge is 0.335 e. The minimum atomic E-state index is -0.985. The normalized spacial score (nSPS) is 16.7. The van der Waals surface area contributed by atoms with Gasteiger partial charge in [-0.2, -0.15) is 5.10 Å². The Bertz CT molecular complexity index is 1010. The van der Waals surface area contributed by atoms with Crippen molar-refractivity contribution in [2.24, 2.45) is 0 Å². The van der Waals surface area contributed by atoms with Gasteiger partial charge in [0.25, 0.3) is 0 Å². The molecule has 2 aromatic heterocycles. The maximum atomic E-state index is 11.9. The Hall–Kier alpha value is -3.00. The van der Waals surface area contributed by atoms with Crippen molar-refractivity contribution in [2.45, 2.75) is 12.2 Å². The molecule has 4 rings (SSSR count). The number of carboxylic acid groups (broad SMARTS) is 1. The number of aromatic amines is 1. The van der Waals surface area contributed by atoms with E-state index in [1.807, 2.05) is 19.1 Å². The Morgan fingerprint density at radius 2 is 2.19 bits per heavy atom. The molecule has 0 radical (unpaired) electrons. The van der Waals surface area contributed by atoms with Gasteiger partial charge in [0.2, 0.25) is 5.91 Å². The minimum Gasteiger partial charge on any atom is -0.478 e. The van der Waals surface area contributed by atoms with Crippen LogP contribution in [-0.2, 0) is 4.79 Å². The second kappa shape index (κ2) is 6.38. The number of thioether (sulfide) groups is 1. The van der Waals surface area contributed by atoms with Gasteiger partial charge in [-0.25, -0.2) is 4.79 Å². The number of carboxylic acids is 1. The van der Waals surface area contributed by atoms with Crippen LogP contribution in [0.4, 0.5) is 5.82 Å². The summed E-state index contributed by atoms with van der Waals surface area (Å²) in [6.45, 7) is 1.90. The Morgan fingerprint density at radius 3 is 3.00 bits per heavy atom. The number of H-pyrrole nitrogens is 1. The highest BCUT2D eigenvalue weighted by atomic mass is 32.2. The molecule has 1 aromatic carbocycles. The number of nitrogens with one attached hydrogen (secondary N) is 2. The second-order valence-corrected chi connectivity index (χ2v) is 7.03. The van der Waals surface area contributed by atoms with Gasteiger partial charge in [0.15, 0.2) is 5.82 Å². The molecule has 3 heterocycles. The molecule has 0 fully saturated rings. The van der Waals surface area contributed by atoms with Gasteiger partial charge in [-0.05, 0) is 31.2 Å². The van der Waals surface area contributed by atoms with E-state index in [-0.39, 0.29) is 16.7 Å². The van der Waals surface area contributed by atoms with Gasteiger partial charge >= 0.3 is 5.97 Å². The van der Waals surface area contributed by atoms with Crippen LogP contribution >= 0.6 is 11.8 Å². The summed E-state index contributed by atoms with van der Waals surface area (Å²) in [5.74, 6) is 0.994. The van der Waals surface area contributed by atoms with Crippen LogP contribution in [0.2, 0.25) is 0 Å². The third-order valence-corrected chi connectivity index (χ3v) is 5.41. The predicted octanol–water partition coefficient (Wildman–Crippen LogP) is 3.45. The number of carbonyl (C=O) groups excluding carboxylic acids is 1. The fourth-order valence-corrected chi connectivity index (χ4v) is 4.08. The van der Waals surface area contributed by atoms with E-state index in [2.05, 4.69) is 15.5 Å². The third-order valence-electron chi connectivity index (χ3n) is 4.17. The average molecular weight is 369 g/mol. The number of rotatable bonds is 3. The van der Waals surface area contributed by atoms with Crippen molar-refractivity contribution in [1.82, 2.24) is 10.2 Å². The van der Waals surface area contributed by atoms with Gasteiger partial charge in [0.05, 0.1) is 16.6 Å². The van der Waals surface area contributed by atoms with Gasteiger partial charge in [-0.3, -0.25) is 9.89 Å². The quantitative estimate of drug-likeness (QED) is 0.652. The van der Waals surface area contributed by atoms with Gasteiger partial charge in [-0.15, -0.1) is 11.8 Å². The van der Waals surface area contributed by atoms with E-state index in [0.29, 0.717) is 28.7 Å². The fourth-order valence-electron chi connectivity index (χ4n) is 2.94. The first-order chi connectivity index (χ1) is 12.5. The predicted molar refractivity (Wildman–Crippen MR) is 97.4 cm³/mol. The highest BCUT2D eigenvalue weighted by Gasteiger charge is 2.30. The summed E-state index contributed by atoms with van der Waals surface area (Å²) >= 11 is 1.46. The van der Waals surface area contributed by atoms with Gasteiger partial charge in [0.1, 0.15) is 11.5 Å². The van der Waals surface area contributed by atoms with Gasteiger partial charge < -0.3 is 14.8 Å². The number of nitrogens with zero attached hydrogens (tertiary/aromatic N) is 1. The van der Waals surface area contributed by atoms with Crippen LogP contribution in [0.5, 0.6) is 0 Å². The lowest BCUT2D eigenvalue weighted by Gasteiger charge is -2.11. The zero-order valence-electron chi connectivity index (χ0n) is 13.8. The second-order valence-electron chi connectivity index (χ2n) is 5.94. The number of fused-ring (bicyclic) bond motifs is 1. The number of amides is 1. The van der Waals surface area contributed by atoms with E-state index in [1.165, 1.54) is 17.8 Å². The van der Waals surface area contributed by atoms with E-state index < -0.39 is 5.97 Å². The Kier molecular flexibility index (Phi) is 4.04. The first-order valence-corrected chi connectivity index (χ1v) is 8.97. The summed E-state index contributed by atoms with van der Waals surface area (Å²) in [5.41, 5.74) is 2.65. The van der Waals surface area contributed by atoms with Crippen molar-refractivity contribution in [3.63, 3.8) is 0 Å². The van der Waals surface area contributed by atoms with Gasteiger partial charge in [0, 0.05) is 16.8 Å². The molecule has 8 heteroatoms. The largest absolute Gasteiger partial charge is 0.478 e. The van der Waals surface area contributed by atoms with E-state index in [0.717, 1.165) is 11.3 Å². The van der Waals surface area contributed by atoms with Crippen LogP contribution in [0.1, 0.15) is 32.6 Å². The molecule has 7 nitrogen and oxygen atoms in total. The summed E-state index contributed by atoms with van der Waals surface area (Å²) in [4.78, 5) is 23.1. The lowest BCUT2D eigenvalue weighted by molar-refractivity contribution is -0.113. The monoisotopic (exact) mass is 369 g/mol. The SMILES string of the molecule is Cc1[nH]nc2c1C(c1ccc(-c3cccc(C(=O)O)c3)o1)SCC(=O)N2. The van der Waals surface area contributed by atoms with Gasteiger partial charge in [-0.1, -0.05) is 12.1 Å². The number of aryl methyl sites for hydroxylation is 1. The van der Waals surface area contributed by atoms with E-state index in [9.17, 15) is 9.59 Å². The molecule has 0 spiro atoms. The highest BCUT2D eigenvalue weighted by molar-refractivity contribution is 8.00. The van der Waals surface area contributed by atoms with Crippen molar-refractivity contribution in [1.29, 1.82) is 0 Å². The summed E-state index contributed by atoms with van der Waals surface area (Å²) in [6, 6.07) is 10.3. The van der Waals surface area contributed by atoms with Crippen LogP contribution in [0.3, 0.4) is 0 Å². The Balaban J connectivity index is 1.72. The molecule has 26 heavy (non-hydrogen) atoms. The minimum absolute atomic E-state index is 0.105. The zero-order valence-corrected chi connectivity index (χ0v) is 14.6. The van der Waals surface area contributed by atoms with Crippen molar-refractivity contribution >= 4 is 29.5 Å². The topological polar surface area (TPSA) is 108 Å². The van der Waals surface area contributed by atoms with E-state index in [4.69, 9.17) is 9.52 Å². The number of aromatic nitrogens is 2. The summed E-state index contributed by atoms with van der Waals surface area (Å²) < 4.78 is 6.02.